The summed E-state index contributed by atoms with van der Waals surface area (Å²) < 4.78 is 18.8. The Kier molecular flexibility index (Phi) is 5.68. The van der Waals surface area contributed by atoms with E-state index in [1.165, 1.54) is 0 Å². The Labute approximate surface area is 138 Å². The summed E-state index contributed by atoms with van der Waals surface area (Å²) >= 11 is 0. The normalized spacial score (nSPS) is 16.6. The van der Waals surface area contributed by atoms with Crippen LogP contribution in [0.5, 0.6) is 0 Å². The average molecular weight is 340 g/mol. The van der Waals surface area contributed by atoms with Crippen LogP contribution in [0.4, 0.5) is 15.8 Å². The monoisotopic (exact) mass is 340 g/mol. The van der Waals surface area contributed by atoms with Gasteiger partial charge in [-0.15, -0.1) is 0 Å². The van der Waals surface area contributed by atoms with Crippen LogP contribution in [-0.4, -0.2) is 44.2 Å². The molecule has 0 aliphatic carbocycles. The van der Waals surface area contributed by atoms with Gasteiger partial charge in [0.15, 0.2) is 0 Å². The Bertz CT molecular complexity index is 627. The van der Waals surface area contributed by atoms with Gasteiger partial charge >= 0.3 is 0 Å². The number of carbonyl (C=O) groups excluding carboxylic acids is 1. The molecule has 0 aromatic heterocycles. The highest BCUT2D eigenvalue weighted by atomic mass is 19.1. The first-order valence-electron chi connectivity index (χ1n) is 7.60. The van der Waals surface area contributed by atoms with Gasteiger partial charge in [0.1, 0.15) is 11.5 Å². The highest BCUT2D eigenvalue weighted by molar-refractivity contribution is 6.01. The van der Waals surface area contributed by atoms with Crippen LogP contribution in [0, 0.1) is 21.3 Å². The van der Waals surface area contributed by atoms with Crippen molar-refractivity contribution in [2.24, 2.45) is 5.41 Å². The number of nitrogens with one attached hydrogen (secondary N) is 2. The lowest BCUT2D eigenvalue weighted by molar-refractivity contribution is -0.384. The van der Waals surface area contributed by atoms with Crippen LogP contribution in [0.25, 0.3) is 0 Å². The minimum Gasteiger partial charge on any atom is -0.393 e. The summed E-state index contributed by atoms with van der Waals surface area (Å²) in [4.78, 5) is 22.4. The summed E-state index contributed by atoms with van der Waals surface area (Å²) in [7, 11) is 1.60. The van der Waals surface area contributed by atoms with Gasteiger partial charge < -0.3 is 21.1 Å². The Morgan fingerprint density at radius 3 is 2.75 bits per heavy atom. The smallest absolute Gasteiger partial charge is 0.295 e. The summed E-state index contributed by atoms with van der Waals surface area (Å²) in [5, 5.41) is 16.8. The van der Waals surface area contributed by atoms with E-state index in [0.717, 1.165) is 32.0 Å². The van der Waals surface area contributed by atoms with Crippen molar-refractivity contribution < 1.29 is 18.8 Å². The second kappa shape index (κ2) is 7.54. The zero-order valence-electron chi connectivity index (χ0n) is 13.4. The number of hydrogen-bond donors (Lipinski definition) is 3. The number of piperidine rings is 1. The van der Waals surface area contributed by atoms with E-state index in [0.29, 0.717) is 19.2 Å². The van der Waals surface area contributed by atoms with Gasteiger partial charge in [-0.05, 0) is 32.0 Å². The van der Waals surface area contributed by atoms with Crippen molar-refractivity contribution in [3.8, 4) is 0 Å². The molecule has 1 fully saturated rings. The number of ether oxygens (including phenoxy) is 1. The first-order valence-corrected chi connectivity index (χ1v) is 7.60. The predicted octanol–water partition coefficient (Wildman–Crippen LogP) is 1.06. The van der Waals surface area contributed by atoms with Gasteiger partial charge in [0.05, 0.1) is 23.2 Å². The largest absolute Gasteiger partial charge is 0.393 e. The van der Waals surface area contributed by atoms with Crippen LogP contribution in [0.1, 0.15) is 23.2 Å². The zero-order chi connectivity index (χ0) is 17.7. The van der Waals surface area contributed by atoms with E-state index < -0.39 is 22.3 Å². The lowest BCUT2D eigenvalue weighted by atomic mass is 9.79. The fourth-order valence-electron chi connectivity index (χ4n) is 2.94. The third-order valence-corrected chi connectivity index (χ3v) is 4.30. The molecule has 8 nitrogen and oxygen atoms in total. The molecule has 2 rings (SSSR count). The molecule has 24 heavy (non-hydrogen) atoms. The van der Waals surface area contributed by atoms with E-state index in [-0.39, 0.29) is 16.7 Å². The summed E-state index contributed by atoms with van der Waals surface area (Å²) in [6, 6.07) is 1.61. The number of nitro groups is 1. The van der Waals surface area contributed by atoms with Crippen molar-refractivity contribution in [1.29, 1.82) is 0 Å². The molecule has 0 spiro atoms. The number of amides is 1. The number of nitro benzene ring substituents is 1. The highest BCUT2D eigenvalue weighted by Crippen LogP contribution is 2.30. The number of nitrogens with two attached hydrogens (primary N) is 1. The van der Waals surface area contributed by atoms with E-state index in [4.69, 9.17) is 10.5 Å². The van der Waals surface area contributed by atoms with Crippen molar-refractivity contribution in [1.82, 2.24) is 10.6 Å². The lowest BCUT2D eigenvalue weighted by Crippen LogP contribution is -2.47. The third-order valence-electron chi connectivity index (χ3n) is 4.30. The van der Waals surface area contributed by atoms with Gasteiger partial charge in [-0.3, -0.25) is 14.9 Å². The Hall–Kier alpha value is -2.26. The summed E-state index contributed by atoms with van der Waals surface area (Å²) in [6.07, 6.45) is 1.64. The maximum Gasteiger partial charge on any atom is 0.295 e. The van der Waals surface area contributed by atoms with Crippen LogP contribution in [0.15, 0.2) is 12.1 Å². The molecule has 1 amide bonds. The standard InChI is InChI=1S/C15H21FN4O4/c1-24-9-15(2-4-18-5-3-15)8-19-14(21)11-6-10(16)7-12(13(11)17)20(22)23/h6-7,18H,2-5,8-9,17H2,1H3,(H,19,21). The predicted molar refractivity (Wildman–Crippen MR) is 86.2 cm³/mol. The molecule has 1 saturated heterocycles. The van der Waals surface area contributed by atoms with Gasteiger partial charge in [-0.25, -0.2) is 4.39 Å². The molecular formula is C15H21FN4O4. The Balaban J connectivity index is 2.16. The molecule has 1 aliphatic rings. The molecule has 0 saturated carbocycles. The molecule has 0 atom stereocenters. The number of nitrogens with zero attached hydrogens (tertiary/aromatic N) is 1. The first-order chi connectivity index (χ1) is 11.4. The van der Waals surface area contributed by atoms with Gasteiger partial charge in [0.2, 0.25) is 0 Å². The van der Waals surface area contributed by atoms with Crippen LogP contribution in [0.3, 0.4) is 0 Å². The van der Waals surface area contributed by atoms with Crippen molar-refractivity contribution >= 4 is 17.3 Å². The molecule has 0 unspecified atom stereocenters. The van der Waals surface area contributed by atoms with Gasteiger partial charge in [0.25, 0.3) is 11.6 Å². The van der Waals surface area contributed by atoms with Crippen molar-refractivity contribution in [3.05, 3.63) is 33.6 Å². The number of hydrogen-bond acceptors (Lipinski definition) is 6. The second-order valence-corrected chi connectivity index (χ2v) is 6.01. The van der Waals surface area contributed by atoms with Gasteiger partial charge in [-0.1, -0.05) is 0 Å². The topological polar surface area (TPSA) is 120 Å². The van der Waals surface area contributed by atoms with E-state index >= 15 is 0 Å². The van der Waals surface area contributed by atoms with E-state index in [9.17, 15) is 19.3 Å². The van der Waals surface area contributed by atoms with Crippen LogP contribution in [-0.2, 0) is 4.74 Å². The minimum atomic E-state index is -0.880. The van der Waals surface area contributed by atoms with Crippen molar-refractivity contribution in [2.75, 3.05) is 39.1 Å². The van der Waals surface area contributed by atoms with Crippen LogP contribution >= 0.6 is 0 Å². The number of rotatable bonds is 6. The highest BCUT2D eigenvalue weighted by Gasteiger charge is 2.33. The maximum atomic E-state index is 13.6. The molecule has 1 aromatic carbocycles. The lowest BCUT2D eigenvalue weighted by Gasteiger charge is -2.37. The molecule has 4 N–H and O–H groups in total. The number of carbonyl (C=O) groups is 1. The summed E-state index contributed by atoms with van der Waals surface area (Å²) in [5.74, 6) is -1.52. The third kappa shape index (κ3) is 3.98. The zero-order valence-corrected chi connectivity index (χ0v) is 13.4. The van der Waals surface area contributed by atoms with Crippen LogP contribution in [0.2, 0.25) is 0 Å². The van der Waals surface area contributed by atoms with Crippen molar-refractivity contribution in [2.45, 2.75) is 12.8 Å². The van der Waals surface area contributed by atoms with Crippen molar-refractivity contribution in [3.63, 3.8) is 0 Å². The maximum absolute atomic E-state index is 13.6. The molecule has 9 heteroatoms. The minimum absolute atomic E-state index is 0.219. The second-order valence-electron chi connectivity index (χ2n) is 6.01. The Morgan fingerprint density at radius 2 is 2.17 bits per heavy atom. The van der Waals surface area contributed by atoms with Crippen LogP contribution < -0.4 is 16.4 Å². The number of benzene rings is 1. The van der Waals surface area contributed by atoms with E-state index in [1.807, 2.05) is 0 Å². The van der Waals surface area contributed by atoms with E-state index in [1.54, 1.807) is 7.11 Å². The summed E-state index contributed by atoms with van der Waals surface area (Å²) in [5.41, 5.74) is 4.24. The molecule has 1 aliphatic heterocycles. The molecule has 1 aromatic rings. The van der Waals surface area contributed by atoms with Gasteiger partial charge in [-0.2, -0.15) is 0 Å². The number of nitrogen functional groups attached to an aromatic ring is 1. The molecule has 1 heterocycles. The summed E-state index contributed by atoms with van der Waals surface area (Å²) in [6.45, 7) is 2.43. The fraction of sp³-hybridized carbons (Fsp3) is 0.533. The molecule has 0 radical (unpaired) electrons. The first kappa shape index (κ1) is 18.1. The number of methoxy groups -OCH3 is 1. The number of anilines is 1. The number of halogens is 1. The average Bonchev–Trinajstić information content (AvgIpc) is 2.55. The SMILES string of the molecule is COCC1(CNC(=O)c2cc(F)cc([N+](=O)[O-])c2N)CCNCC1. The van der Waals surface area contributed by atoms with E-state index in [2.05, 4.69) is 10.6 Å². The quantitative estimate of drug-likeness (QED) is 0.405. The fourth-order valence-corrected chi connectivity index (χ4v) is 2.94. The van der Waals surface area contributed by atoms with Gasteiger partial charge in [0, 0.05) is 19.1 Å². The Morgan fingerprint density at radius 1 is 1.50 bits per heavy atom. The molecule has 0 bridgehead atoms. The molecular weight excluding hydrogens is 319 g/mol. The molecule has 132 valence electrons.